The number of benzene rings is 1. The zero-order valence-corrected chi connectivity index (χ0v) is 9.57. The Morgan fingerprint density at radius 1 is 1.28 bits per heavy atom. The van der Waals surface area contributed by atoms with Crippen molar-refractivity contribution in [3.63, 3.8) is 0 Å². The number of allylic oxidation sites excluding steroid dienone is 2. The zero-order chi connectivity index (χ0) is 13.6. The molecule has 0 aliphatic carbocycles. The van der Waals surface area contributed by atoms with Crippen LogP contribution in [0.2, 0.25) is 0 Å². The Balaban J connectivity index is 2.77. The van der Waals surface area contributed by atoms with Crippen LogP contribution in [0, 0.1) is 0 Å². The number of methoxy groups -OCH3 is 1. The molecular formula is C13H11F3O2. The van der Waals surface area contributed by atoms with Gasteiger partial charge in [0.1, 0.15) is 0 Å². The molecule has 0 saturated heterocycles. The Bertz CT molecular complexity index is 473. The van der Waals surface area contributed by atoms with E-state index in [4.69, 9.17) is 0 Å². The summed E-state index contributed by atoms with van der Waals surface area (Å²) in [5.74, 6) is -0.524. The Kier molecular flexibility index (Phi) is 4.71. The first-order valence-corrected chi connectivity index (χ1v) is 5.03. The standard InChI is InChI=1S/C13H11F3O2/c1-18-12(17)8-3-2-5-10-6-4-7-11(9-10)13(14,15)16/h2-9H,1H3/b5-2+,8-3-. The van der Waals surface area contributed by atoms with Crippen molar-refractivity contribution in [2.24, 2.45) is 0 Å². The van der Waals surface area contributed by atoms with Crippen LogP contribution in [0.1, 0.15) is 11.1 Å². The van der Waals surface area contributed by atoms with Gasteiger partial charge in [-0.05, 0) is 17.7 Å². The first-order chi connectivity index (χ1) is 8.43. The highest BCUT2D eigenvalue weighted by atomic mass is 19.4. The van der Waals surface area contributed by atoms with Gasteiger partial charge in [0.15, 0.2) is 0 Å². The summed E-state index contributed by atoms with van der Waals surface area (Å²) in [5.41, 5.74) is -0.305. The zero-order valence-electron chi connectivity index (χ0n) is 9.57. The van der Waals surface area contributed by atoms with Crippen molar-refractivity contribution in [3.05, 3.63) is 53.6 Å². The highest BCUT2D eigenvalue weighted by Gasteiger charge is 2.30. The molecular weight excluding hydrogens is 245 g/mol. The third-order valence-electron chi connectivity index (χ3n) is 2.05. The molecule has 0 bridgehead atoms. The summed E-state index contributed by atoms with van der Waals surface area (Å²) in [7, 11) is 1.24. The molecule has 1 aromatic rings. The maximum absolute atomic E-state index is 12.4. The predicted octanol–water partition coefficient (Wildman–Crippen LogP) is 3.45. The first-order valence-electron chi connectivity index (χ1n) is 5.03. The second-order valence-corrected chi connectivity index (χ2v) is 3.36. The second kappa shape index (κ2) is 6.05. The van der Waals surface area contributed by atoms with Crippen LogP contribution in [-0.4, -0.2) is 13.1 Å². The molecule has 1 aromatic carbocycles. The third kappa shape index (κ3) is 4.45. The topological polar surface area (TPSA) is 26.3 Å². The molecule has 0 fully saturated rings. The van der Waals surface area contributed by atoms with Crippen molar-refractivity contribution in [1.82, 2.24) is 0 Å². The van der Waals surface area contributed by atoms with Crippen molar-refractivity contribution in [2.45, 2.75) is 6.18 Å². The van der Waals surface area contributed by atoms with Crippen molar-refractivity contribution in [2.75, 3.05) is 7.11 Å². The fraction of sp³-hybridized carbons (Fsp3) is 0.154. The number of alkyl halides is 3. The van der Waals surface area contributed by atoms with Gasteiger partial charge in [0.25, 0.3) is 0 Å². The van der Waals surface area contributed by atoms with E-state index < -0.39 is 17.7 Å². The van der Waals surface area contributed by atoms with E-state index in [2.05, 4.69) is 4.74 Å². The monoisotopic (exact) mass is 256 g/mol. The number of carbonyl (C=O) groups is 1. The molecule has 0 spiro atoms. The van der Waals surface area contributed by atoms with E-state index >= 15 is 0 Å². The minimum atomic E-state index is -4.36. The number of carbonyl (C=O) groups excluding carboxylic acids is 1. The lowest BCUT2D eigenvalue weighted by Crippen LogP contribution is -2.04. The summed E-state index contributed by atoms with van der Waals surface area (Å²) in [5, 5.41) is 0. The minimum absolute atomic E-state index is 0.402. The maximum atomic E-state index is 12.4. The van der Waals surface area contributed by atoms with Crippen LogP contribution in [0.5, 0.6) is 0 Å². The van der Waals surface area contributed by atoms with Gasteiger partial charge < -0.3 is 4.74 Å². The number of esters is 1. The second-order valence-electron chi connectivity index (χ2n) is 3.36. The van der Waals surface area contributed by atoms with E-state index in [0.29, 0.717) is 5.56 Å². The van der Waals surface area contributed by atoms with E-state index in [9.17, 15) is 18.0 Å². The number of hydrogen-bond acceptors (Lipinski definition) is 2. The summed E-state index contributed by atoms with van der Waals surface area (Å²) in [6, 6.07) is 4.90. The lowest BCUT2D eigenvalue weighted by atomic mass is 10.1. The highest BCUT2D eigenvalue weighted by molar-refractivity contribution is 5.82. The van der Waals surface area contributed by atoms with Gasteiger partial charge in [-0.1, -0.05) is 30.4 Å². The molecule has 0 atom stereocenters. The van der Waals surface area contributed by atoms with E-state index in [1.54, 1.807) is 0 Å². The summed E-state index contributed by atoms with van der Waals surface area (Å²) in [4.78, 5) is 10.7. The smallest absolute Gasteiger partial charge is 0.416 e. The third-order valence-corrected chi connectivity index (χ3v) is 2.05. The summed E-state index contributed by atoms with van der Waals surface area (Å²) in [6.07, 6.45) is 1.14. The average molecular weight is 256 g/mol. The van der Waals surface area contributed by atoms with E-state index in [1.807, 2.05) is 0 Å². The first kappa shape index (κ1) is 14.0. The molecule has 0 aromatic heterocycles. The van der Waals surface area contributed by atoms with Crippen molar-refractivity contribution in [3.8, 4) is 0 Å². The van der Waals surface area contributed by atoms with E-state index in [-0.39, 0.29) is 0 Å². The minimum Gasteiger partial charge on any atom is -0.466 e. The SMILES string of the molecule is COC(=O)/C=C\C=C\c1cccc(C(F)(F)F)c1. The molecule has 0 heterocycles. The normalized spacial score (nSPS) is 12.2. The molecule has 0 aliphatic heterocycles. The van der Waals surface area contributed by atoms with Crippen LogP contribution < -0.4 is 0 Å². The van der Waals surface area contributed by atoms with Crippen LogP contribution in [0.15, 0.2) is 42.5 Å². The Labute approximate surface area is 102 Å². The van der Waals surface area contributed by atoms with Crippen LogP contribution in [-0.2, 0) is 15.7 Å². The van der Waals surface area contributed by atoms with Gasteiger partial charge in [0, 0.05) is 6.08 Å². The summed E-state index contributed by atoms with van der Waals surface area (Å²) in [6.45, 7) is 0. The Morgan fingerprint density at radius 3 is 2.61 bits per heavy atom. The molecule has 96 valence electrons. The van der Waals surface area contributed by atoms with Crippen molar-refractivity contribution in [1.29, 1.82) is 0 Å². The summed E-state index contributed by atoms with van der Waals surface area (Å²) >= 11 is 0. The molecule has 18 heavy (non-hydrogen) atoms. The summed E-state index contributed by atoms with van der Waals surface area (Å²) < 4.78 is 41.6. The van der Waals surface area contributed by atoms with Crippen LogP contribution in [0.4, 0.5) is 13.2 Å². The number of ether oxygens (including phenoxy) is 1. The number of hydrogen-bond donors (Lipinski definition) is 0. The van der Waals surface area contributed by atoms with Crippen LogP contribution in [0.3, 0.4) is 0 Å². The quantitative estimate of drug-likeness (QED) is 0.470. The highest BCUT2D eigenvalue weighted by Crippen LogP contribution is 2.29. The predicted molar refractivity (Wildman–Crippen MR) is 61.6 cm³/mol. The van der Waals surface area contributed by atoms with Crippen molar-refractivity contribution < 1.29 is 22.7 Å². The molecule has 0 saturated carbocycles. The average Bonchev–Trinajstić information content (AvgIpc) is 2.33. The Hall–Kier alpha value is -2.04. The fourth-order valence-corrected chi connectivity index (χ4v) is 1.19. The largest absolute Gasteiger partial charge is 0.466 e. The van der Waals surface area contributed by atoms with Gasteiger partial charge in [-0.2, -0.15) is 13.2 Å². The van der Waals surface area contributed by atoms with Crippen LogP contribution in [0.25, 0.3) is 6.08 Å². The molecule has 0 aliphatic rings. The van der Waals surface area contributed by atoms with Gasteiger partial charge in [-0.3, -0.25) is 0 Å². The maximum Gasteiger partial charge on any atom is 0.416 e. The molecule has 0 amide bonds. The van der Waals surface area contributed by atoms with Gasteiger partial charge >= 0.3 is 12.1 Å². The van der Waals surface area contributed by atoms with Gasteiger partial charge in [-0.15, -0.1) is 0 Å². The van der Waals surface area contributed by atoms with Gasteiger partial charge in [0.2, 0.25) is 0 Å². The molecule has 0 unspecified atom stereocenters. The lowest BCUT2D eigenvalue weighted by molar-refractivity contribution is -0.137. The molecule has 0 radical (unpaired) electrons. The van der Waals surface area contributed by atoms with Gasteiger partial charge in [0.05, 0.1) is 12.7 Å². The lowest BCUT2D eigenvalue weighted by Gasteiger charge is -2.06. The van der Waals surface area contributed by atoms with Crippen LogP contribution >= 0.6 is 0 Å². The van der Waals surface area contributed by atoms with Gasteiger partial charge in [-0.25, -0.2) is 4.79 Å². The Morgan fingerprint density at radius 2 is 2.00 bits per heavy atom. The number of halogens is 3. The van der Waals surface area contributed by atoms with Crippen molar-refractivity contribution >= 4 is 12.0 Å². The molecule has 0 N–H and O–H groups in total. The van der Waals surface area contributed by atoms with E-state index in [0.717, 1.165) is 12.1 Å². The van der Waals surface area contributed by atoms with E-state index in [1.165, 1.54) is 43.5 Å². The fourth-order valence-electron chi connectivity index (χ4n) is 1.19. The number of rotatable bonds is 3. The molecule has 5 heteroatoms. The molecule has 2 nitrogen and oxygen atoms in total. The molecule has 1 rings (SSSR count).